The van der Waals surface area contributed by atoms with Gasteiger partial charge in [0.2, 0.25) is 0 Å². The zero-order valence-electron chi connectivity index (χ0n) is 50.3. The predicted molar refractivity (Wildman–Crippen MR) is 361 cm³/mol. The molecular formula is H207N33O54. The molecule has 0 amide bonds. The molecule has 0 aliphatic heterocycles. The quantitative estimate of drug-likeness (QED) is 0.107. The van der Waals surface area contributed by atoms with E-state index in [9.17, 15) is 0 Å². The van der Waals surface area contributed by atoms with Crippen LogP contribution in [-0.4, -0.2) is 296 Å². The summed E-state index contributed by atoms with van der Waals surface area (Å²) in [4.78, 5) is 0. The van der Waals surface area contributed by atoms with Gasteiger partial charge in [-0.3, -0.25) is 0 Å². The van der Waals surface area contributed by atoms with Crippen molar-refractivity contribution >= 4 is 0 Å². The van der Waals surface area contributed by atoms with Crippen molar-refractivity contribution in [1.82, 2.24) is 203 Å². The molecule has 0 aromatic heterocycles. The minimum absolute atomic E-state index is 0. The summed E-state index contributed by atoms with van der Waals surface area (Å²) in [7, 11) is 0. The van der Waals surface area contributed by atoms with Crippen LogP contribution in [0.2, 0.25) is 0 Å². The third-order valence-corrected chi connectivity index (χ3v) is 0. The molecule has 0 unspecified atom stereocenters. The molecule has 87 nitrogen and oxygen atoms in total. The van der Waals surface area contributed by atoms with Gasteiger partial charge in [-0.2, -0.15) is 0 Å². The molecule has 0 saturated carbocycles. The predicted octanol–water partition coefficient (Wildman–Crippen LogP) is -39.2. The molecule has 87 heteroatoms. The molecule has 0 fully saturated rings. The molecule has 0 aliphatic carbocycles. The van der Waals surface area contributed by atoms with Gasteiger partial charge in [0.05, 0.1) is 0 Å². The van der Waals surface area contributed by atoms with Crippen molar-refractivity contribution in [2.75, 3.05) is 0 Å². The average Bonchev–Trinajstić information content (AvgIpc) is 0. The monoisotopic (exact) mass is 1530 g/mol. The molecule has 0 aliphatic rings. The van der Waals surface area contributed by atoms with E-state index in [1.165, 1.54) is 0 Å². The average molecular weight is 1530 g/mol. The van der Waals surface area contributed by atoms with Crippen LogP contribution in [0.25, 0.3) is 0 Å². The van der Waals surface area contributed by atoms with Crippen molar-refractivity contribution < 1.29 is 296 Å². The van der Waals surface area contributed by atoms with Crippen molar-refractivity contribution in [2.45, 2.75) is 0 Å². The summed E-state index contributed by atoms with van der Waals surface area (Å²) in [5.41, 5.74) is 0. The van der Waals surface area contributed by atoms with Crippen LogP contribution in [0.3, 0.4) is 0 Å². The largest absolute Gasteiger partial charge is 0.412 e. The van der Waals surface area contributed by atoms with Crippen LogP contribution in [0.15, 0.2) is 0 Å². The molecule has 0 heterocycles. The first kappa shape index (κ1) is 47000. The molecular weight excluding hydrogens is 1330 g/mol. The van der Waals surface area contributed by atoms with E-state index in [0.29, 0.717) is 0 Å². The smallest absolute Gasteiger partial charge is 0.344 e. The number of rotatable bonds is 0. The van der Waals surface area contributed by atoms with E-state index in [1.54, 1.807) is 0 Å². The lowest BCUT2D eigenvalue weighted by atomic mass is 14.0. The zero-order valence-corrected chi connectivity index (χ0v) is 50.3. The van der Waals surface area contributed by atoms with Crippen LogP contribution < -0.4 is 203 Å². The fourth-order valence-electron chi connectivity index (χ4n) is 0. The normalized spacial score (nSPS) is 0. The molecule has 0 spiro atoms. The van der Waals surface area contributed by atoms with E-state index in [2.05, 4.69) is 0 Å². The van der Waals surface area contributed by atoms with Gasteiger partial charge in [-0.1, -0.05) is 0 Å². The number of hydrogen-bond acceptors (Lipinski definition) is 33. The van der Waals surface area contributed by atoms with Crippen molar-refractivity contribution in [3.05, 3.63) is 0 Å². The third kappa shape index (κ3) is 44200. The van der Waals surface area contributed by atoms with E-state index < -0.39 is 0 Å². The van der Waals surface area contributed by atoms with Crippen molar-refractivity contribution in [3.63, 3.8) is 0 Å². The highest BCUT2D eigenvalue weighted by Crippen LogP contribution is -0.228. The molecule has 0 aromatic carbocycles. The van der Waals surface area contributed by atoms with Gasteiger partial charge in [0.1, 0.15) is 0 Å². The highest BCUT2D eigenvalue weighted by molar-refractivity contribution is 2.17. The Morgan fingerprint density at radius 1 is 0.0230 bits per heavy atom. The molecule has 0 bridgehead atoms. The maximum absolute atomic E-state index is 0. The molecule has 207 N–H and O–H groups in total. The fourth-order valence-corrected chi connectivity index (χ4v) is 0. The second-order valence-corrected chi connectivity index (χ2v) is 0. The van der Waals surface area contributed by atoms with Gasteiger partial charge in [0, 0.05) is 0 Å². The Bertz CT molecular complexity index is 83.3. The van der Waals surface area contributed by atoms with E-state index in [-0.39, 0.29) is 499 Å². The van der Waals surface area contributed by atoms with E-state index >= 15 is 0 Å². The lowest BCUT2D eigenvalue weighted by Crippen LogP contribution is -0.482. The van der Waals surface area contributed by atoms with Crippen LogP contribution in [0, 0.1) is 0 Å². The summed E-state index contributed by atoms with van der Waals surface area (Å²) < 4.78 is 0. The first-order valence-corrected chi connectivity index (χ1v) is 0. The summed E-state index contributed by atoms with van der Waals surface area (Å²) in [6, 6.07) is 0. The minimum Gasteiger partial charge on any atom is -0.412 e. The second-order valence-electron chi connectivity index (χ2n) is 0. The Balaban J connectivity index is 0. The maximum atomic E-state index is 0. The summed E-state index contributed by atoms with van der Waals surface area (Å²) >= 11 is 0. The molecule has 0 aromatic rings. The molecule has 0 rings (SSSR count). The van der Waals surface area contributed by atoms with Crippen molar-refractivity contribution in [3.8, 4) is 0 Å². The van der Waals surface area contributed by atoms with Crippen LogP contribution in [0.1, 0.15) is 0 Å². The fraction of sp³-hybridized carbons (Fsp3) is 0. The Morgan fingerprint density at radius 2 is 0.0230 bits per heavy atom. The highest BCUT2D eigenvalue weighted by atomic mass is 16.1. The SMILES string of the molecule is N.N.N.N.N.N.N.N.N.N.N.N.N.N.N.N.N.N.N.N.N.N.N.N.N.N.N.N.N.N.N.N.N.O.O.O.O.O.O.O.O.O.O.O.O.O.O.O.O.O.O.O.O.O.O.O.O.O.O.O.O.O.O.O.O.O.O.O.O.O.O.O.O.O.O.O.O.O.O.O.O.O.O.O.O.O.O. The topological polar surface area (TPSA) is 2860 Å². The lowest BCUT2D eigenvalue weighted by molar-refractivity contribution is 0.823. The summed E-state index contributed by atoms with van der Waals surface area (Å²) in [5, 5.41) is 0. The van der Waals surface area contributed by atoms with Gasteiger partial charge in [-0.05, 0) is 0 Å². The summed E-state index contributed by atoms with van der Waals surface area (Å²) in [5.74, 6) is 0. The molecule has 0 radical (unpaired) electrons. The van der Waals surface area contributed by atoms with Gasteiger partial charge >= 0.3 is 0 Å². The lowest BCUT2D eigenvalue weighted by Gasteiger charge is -0.413. The van der Waals surface area contributed by atoms with Gasteiger partial charge in [0.25, 0.3) is 0 Å². The molecule has 0 atom stereocenters. The summed E-state index contributed by atoms with van der Waals surface area (Å²) in [6.07, 6.45) is 0. The Hall–Kier alpha value is -3.48. The van der Waals surface area contributed by atoms with E-state index in [4.69, 9.17) is 0 Å². The first-order chi connectivity index (χ1) is 0. The van der Waals surface area contributed by atoms with Gasteiger partial charge in [-0.25, -0.2) is 0 Å². The standard InChI is InChI=1S/33H3N.54H2O/h33*1H3;54*1H2. The second kappa shape index (κ2) is 45300. The molecule has 87 heavy (non-hydrogen) atoms. The van der Waals surface area contributed by atoms with Crippen LogP contribution in [-0.2, 0) is 0 Å². The Morgan fingerprint density at radius 3 is 0.0230 bits per heavy atom. The van der Waals surface area contributed by atoms with Crippen LogP contribution in [0.4, 0.5) is 0 Å². The van der Waals surface area contributed by atoms with E-state index in [0.717, 1.165) is 0 Å². The molecule has 0 saturated heterocycles. The van der Waals surface area contributed by atoms with E-state index in [1.807, 2.05) is 0 Å². The third-order valence-electron chi connectivity index (χ3n) is 0. The highest BCUT2D eigenvalue weighted by Gasteiger charge is -0.287. The Labute approximate surface area is 500 Å². The van der Waals surface area contributed by atoms with Crippen LogP contribution >= 0.6 is 0 Å². The maximum Gasteiger partial charge on any atom is -0.344 e. The van der Waals surface area contributed by atoms with Crippen LogP contribution in [0.5, 0.6) is 0 Å². The van der Waals surface area contributed by atoms with Gasteiger partial charge in [-0.15, -0.1) is 0 Å². The zero-order chi connectivity index (χ0) is 0. The van der Waals surface area contributed by atoms with Gasteiger partial charge in [0.15, 0.2) is 0 Å². The summed E-state index contributed by atoms with van der Waals surface area (Å²) in [6.45, 7) is 0. The Kier molecular flexibility index (Phi) is 24400000. The number of hydrogen-bond donors (Lipinski definition) is 33. The minimum atomic E-state index is 0. The van der Waals surface area contributed by atoms with Crippen molar-refractivity contribution in [1.29, 1.82) is 0 Å². The first-order valence-electron chi connectivity index (χ1n) is 0. The van der Waals surface area contributed by atoms with Crippen molar-refractivity contribution in [2.24, 2.45) is 0 Å². The van der Waals surface area contributed by atoms with Gasteiger partial charge < -0.3 is 499 Å². The molecule has 696 valence electrons.